The van der Waals surface area contributed by atoms with Gasteiger partial charge in [-0.25, -0.2) is 9.97 Å². The van der Waals surface area contributed by atoms with Gasteiger partial charge in [0.2, 0.25) is 0 Å². The van der Waals surface area contributed by atoms with Gasteiger partial charge in [0, 0.05) is 37.9 Å². The predicted molar refractivity (Wildman–Crippen MR) is 86.2 cm³/mol. The molecule has 0 amide bonds. The zero-order chi connectivity index (χ0) is 14.7. The predicted octanol–water partition coefficient (Wildman–Crippen LogP) is 1.87. The van der Waals surface area contributed by atoms with Crippen LogP contribution >= 0.6 is 0 Å². The van der Waals surface area contributed by atoms with Gasteiger partial charge < -0.3 is 15.5 Å². The van der Waals surface area contributed by atoms with Crippen LogP contribution in [0.5, 0.6) is 0 Å². The smallest absolute Gasteiger partial charge is 0.129 e. The Bertz CT molecular complexity index is 605. The molecule has 1 aliphatic heterocycles. The quantitative estimate of drug-likeness (QED) is 0.932. The molecular formula is C16H21N5. The summed E-state index contributed by atoms with van der Waals surface area (Å²) in [5, 5.41) is 0. The minimum absolute atomic E-state index is 0.544. The number of aromatic nitrogens is 2. The Balaban J connectivity index is 1.81. The van der Waals surface area contributed by atoms with Crippen LogP contribution in [0.1, 0.15) is 6.92 Å². The van der Waals surface area contributed by atoms with Crippen LogP contribution in [0.4, 0.5) is 11.6 Å². The lowest BCUT2D eigenvalue weighted by Crippen LogP contribution is -2.46. The van der Waals surface area contributed by atoms with Gasteiger partial charge in [0.25, 0.3) is 0 Å². The van der Waals surface area contributed by atoms with Gasteiger partial charge in [0.15, 0.2) is 0 Å². The van der Waals surface area contributed by atoms with Crippen LogP contribution in [0.2, 0.25) is 0 Å². The standard InChI is InChI=1S/C16H21N5/c1-2-20-8-10-21(11-9-20)16-12-13(6-7-18-16)14-4-3-5-15(17)19-14/h3-7,12H,2,8-11H2,1H3,(H2,17,19). The summed E-state index contributed by atoms with van der Waals surface area (Å²) in [7, 11) is 0. The number of nitrogens with two attached hydrogens (primary N) is 1. The van der Waals surface area contributed by atoms with Crippen LogP contribution in [0, 0.1) is 0 Å². The Morgan fingerprint density at radius 2 is 1.95 bits per heavy atom. The minimum Gasteiger partial charge on any atom is -0.384 e. The molecule has 3 rings (SSSR count). The lowest BCUT2D eigenvalue weighted by molar-refractivity contribution is 0.270. The van der Waals surface area contributed by atoms with E-state index in [4.69, 9.17) is 5.73 Å². The van der Waals surface area contributed by atoms with Crippen molar-refractivity contribution in [1.29, 1.82) is 0 Å². The first kappa shape index (κ1) is 13.8. The number of anilines is 2. The Morgan fingerprint density at radius 3 is 2.67 bits per heavy atom. The summed E-state index contributed by atoms with van der Waals surface area (Å²) in [6, 6.07) is 9.79. The molecule has 1 saturated heterocycles. The summed E-state index contributed by atoms with van der Waals surface area (Å²) in [5.41, 5.74) is 7.72. The van der Waals surface area contributed by atoms with Crippen molar-refractivity contribution < 1.29 is 0 Å². The molecule has 110 valence electrons. The second kappa shape index (κ2) is 6.10. The SMILES string of the molecule is CCN1CCN(c2cc(-c3cccc(N)n3)ccn2)CC1. The van der Waals surface area contributed by atoms with Crippen molar-refractivity contribution >= 4 is 11.6 Å². The fourth-order valence-corrected chi connectivity index (χ4v) is 2.66. The zero-order valence-electron chi connectivity index (χ0n) is 12.4. The first-order chi connectivity index (χ1) is 10.3. The highest BCUT2D eigenvalue weighted by Crippen LogP contribution is 2.22. The average molecular weight is 283 g/mol. The maximum Gasteiger partial charge on any atom is 0.129 e. The van der Waals surface area contributed by atoms with Gasteiger partial charge >= 0.3 is 0 Å². The van der Waals surface area contributed by atoms with E-state index < -0.39 is 0 Å². The molecule has 3 heterocycles. The summed E-state index contributed by atoms with van der Waals surface area (Å²) < 4.78 is 0. The third kappa shape index (κ3) is 3.13. The first-order valence-electron chi connectivity index (χ1n) is 7.42. The third-order valence-electron chi connectivity index (χ3n) is 3.96. The molecule has 0 radical (unpaired) electrons. The summed E-state index contributed by atoms with van der Waals surface area (Å²) in [4.78, 5) is 13.7. The van der Waals surface area contributed by atoms with Gasteiger partial charge in [0.1, 0.15) is 11.6 Å². The van der Waals surface area contributed by atoms with Crippen LogP contribution < -0.4 is 10.6 Å². The van der Waals surface area contributed by atoms with Gasteiger partial charge in [-0.15, -0.1) is 0 Å². The van der Waals surface area contributed by atoms with Gasteiger partial charge in [-0.2, -0.15) is 0 Å². The van der Waals surface area contributed by atoms with Crippen LogP contribution in [-0.4, -0.2) is 47.6 Å². The highest BCUT2D eigenvalue weighted by Gasteiger charge is 2.17. The molecule has 2 N–H and O–H groups in total. The van der Waals surface area contributed by atoms with Crippen molar-refractivity contribution in [3.05, 3.63) is 36.5 Å². The molecule has 2 aromatic rings. The molecule has 1 fully saturated rings. The van der Waals surface area contributed by atoms with E-state index in [-0.39, 0.29) is 0 Å². The van der Waals surface area contributed by atoms with E-state index in [0.29, 0.717) is 5.82 Å². The molecule has 21 heavy (non-hydrogen) atoms. The van der Waals surface area contributed by atoms with Gasteiger partial charge in [-0.05, 0) is 30.8 Å². The number of nitrogen functional groups attached to an aromatic ring is 1. The van der Waals surface area contributed by atoms with Crippen molar-refractivity contribution in [2.75, 3.05) is 43.4 Å². The van der Waals surface area contributed by atoms with E-state index in [2.05, 4.69) is 32.8 Å². The van der Waals surface area contributed by atoms with Crippen LogP contribution in [-0.2, 0) is 0 Å². The topological polar surface area (TPSA) is 58.3 Å². The summed E-state index contributed by atoms with van der Waals surface area (Å²) in [6.45, 7) is 7.57. The van der Waals surface area contributed by atoms with E-state index in [0.717, 1.165) is 49.8 Å². The second-order valence-corrected chi connectivity index (χ2v) is 5.27. The maximum absolute atomic E-state index is 5.76. The largest absolute Gasteiger partial charge is 0.384 e. The van der Waals surface area contributed by atoms with Crippen molar-refractivity contribution in [2.45, 2.75) is 6.92 Å². The van der Waals surface area contributed by atoms with Crippen LogP contribution in [0.25, 0.3) is 11.3 Å². The van der Waals surface area contributed by atoms with Crippen LogP contribution in [0.15, 0.2) is 36.5 Å². The second-order valence-electron chi connectivity index (χ2n) is 5.27. The molecule has 1 aliphatic rings. The highest BCUT2D eigenvalue weighted by molar-refractivity contribution is 5.64. The van der Waals surface area contributed by atoms with E-state index in [1.165, 1.54) is 0 Å². The van der Waals surface area contributed by atoms with Gasteiger partial charge in [-0.3, -0.25) is 0 Å². The molecule has 0 aromatic carbocycles. The van der Waals surface area contributed by atoms with E-state index in [1.807, 2.05) is 24.4 Å². The molecule has 0 spiro atoms. The van der Waals surface area contributed by atoms with Crippen molar-refractivity contribution in [3.63, 3.8) is 0 Å². The van der Waals surface area contributed by atoms with E-state index >= 15 is 0 Å². The number of nitrogens with zero attached hydrogens (tertiary/aromatic N) is 4. The summed E-state index contributed by atoms with van der Waals surface area (Å²) >= 11 is 0. The Kier molecular flexibility index (Phi) is 4.01. The normalized spacial score (nSPS) is 16.1. The minimum atomic E-state index is 0.544. The lowest BCUT2D eigenvalue weighted by Gasteiger charge is -2.34. The monoisotopic (exact) mass is 283 g/mol. The number of hydrogen-bond acceptors (Lipinski definition) is 5. The van der Waals surface area contributed by atoms with Crippen molar-refractivity contribution in [2.24, 2.45) is 0 Å². The molecule has 5 nitrogen and oxygen atoms in total. The lowest BCUT2D eigenvalue weighted by atomic mass is 10.1. The summed E-state index contributed by atoms with van der Waals surface area (Å²) in [5.74, 6) is 1.56. The van der Waals surface area contributed by atoms with E-state index in [9.17, 15) is 0 Å². The Morgan fingerprint density at radius 1 is 1.14 bits per heavy atom. The molecule has 0 atom stereocenters. The van der Waals surface area contributed by atoms with Crippen molar-refractivity contribution in [1.82, 2.24) is 14.9 Å². The fourth-order valence-electron chi connectivity index (χ4n) is 2.66. The Hall–Kier alpha value is -2.14. The average Bonchev–Trinajstić information content (AvgIpc) is 2.55. The number of piperazine rings is 1. The Labute approximate surface area is 125 Å². The van der Waals surface area contributed by atoms with Crippen LogP contribution in [0.3, 0.4) is 0 Å². The van der Waals surface area contributed by atoms with Crippen molar-refractivity contribution in [3.8, 4) is 11.3 Å². The highest BCUT2D eigenvalue weighted by atomic mass is 15.3. The van der Waals surface area contributed by atoms with E-state index in [1.54, 1.807) is 6.07 Å². The number of hydrogen-bond donors (Lipinski definition) is 1. The summed E-state index contributed by atoms with van der Waals surface area (Å²) in [6.07, 6.45) is 1.85. The number of likely N-dealkylation sites (N-methyl/N-ethyl adjacent to an activating group) is 1. The molecule has 0 unspecified atom stereocenters. The number of pyridine rings is 2. The number of rotatable bonds is 3. The molecular weight excluding hydrogens is 262 g/mol. The fraction of sp³-hybridized carbons (Fsp3) is 0.375. The molecule has 0 saturated carbocycles. The zero-order valence-corrected chi connectivity index (χ0v) is 12.4. The third-order valence-corrected chi connectivity index (χ3v) is 3.96. The maximum atomic E-state index is 5.76. The molecule has 0 bridgehead atoms. The molecule has 2 aromatic heterocycles. The van der Waals surface area contributed by atoms with Gasteiger partial charge in [-0.1, -0.05) is 13.0 Å². The molecule has 5 heteroatoms. The molecule has 0 aliphatic carbocycles. The first-order valence-corrected chi connectivity index (χ1v) is 7.42. The van der Waals surface area contributed by atoms with Gasteiger partial charge in [0.05, 0.1) is 5.69 Å².